The summed E-state index contributed by atoms with van der Waals surface area (Å²) in [6.07, 6.45) is 6.04. The maximum Gasteiger partial charge on any atom is 0.0522 e. The Labute approximate surface area is 116 Å². The van der Waals surface area contributed by atoms with Crippen LogP contribution >= 0.6 is 15.9 Å². The average Bonchev–Trinajstić information content (AvgIpc) is 2.77. The van der Waals surface area contributed by atoms with E-state index in [0.29, 0.717) is 6.04 Å². The highest BCUT2D eigenvalue weighted by atomic mass is 79.9. The lowest BCUT2D eigenvalue weighted by Gasteiger charge is -2.15. The van der Waals surface area contributed by atoms with E-state index in [4.69, 9.17) is 0 Å². The topological polar surface area (TPSA) is 29.9 Å². The third-order valence-corrected chi connectivity index (χ3v) is 3.57. The van der Waals surface area contributed by atoms with E-state index in [1.165, 1.54) is 11.1 Å². The van der Waals surface area contributed by atoms with Gasteiger partial charge in [-0.15, -0.1) is 0 Å². The van der Waals surface area contributed by atoms with Crippen LogP contribution < -0.4 is 5.32 Å². The summed E-state index contributed by atoms with van der Waals surface area (Å²) in [6.45, 7) is 0. The molecular weight excluding hydrogens is 290 g/mol. The molecule has 3 nitrogen and oxygen atoms in total. The average molecular weight is 308 g/mol. The zero-order valence-electron chi connectivity index (χ0n) is 10.7. The summed E-state index contributed by atoms with van der Waals surface area (Å²) in [5.41, 5.74) is 2.62. The molecule has 18 heavy (non-hydrogen) atoms. The van der Waals surface area contributed by atoms with Crippen molar-refractivity contribution in [1.82, 2.24) is 15.1 Å². The van der Waals surface area contributed by atoms with Gasteiger partial charge in [-0.2, -0.15) is 5.10 Å². The molecule has 0 bridgehead atoms. The Kier molecular flexibility index (Phi) is 4.55. The number of hydrogen-bond acceptors (Lipinski definition) is 2. The molecule has 0 saturated heterocycles. The van der Waals surface area contributed by atoms with Crippen molar-refractivity contribution in [2.45, 2.75) is 18.9 Å². The van der Waals surface area contributed by atoms with Crippen molar-refractivity contribution in [2.75, 3.05) is 7.05 Å². The van der Waals surface area contributed by atoms with E-state index in [-0.39, 0.29) is 0 Å². The minimum absolute atomic E-state index is 0.440. The van der Waals surface area contributed by atoms with Crippen molar-refractivity contribution < 1.29 is 0 Å². The second-order valence-corrected chi connectivity index (χ2v) is 5.46. The van der Waals surface area contributed by atoms with E-state index in [1.807, 2.05) is 25.0 Å². The molecule has 0 aliphatic rings. The molecule has 1 unspecified atom stereocenters. The predicted molar refractivity (Wildman–Crippen MR) is 77.6 cm³/mol. The number of nitrogens with zero attached hydrogens (tertiary/aromatic N) is 2. The smallest absolute Gasteiger partial charge is 0.0522 e. The van der Waals surface area contributed by atoms with Crippen molar-refractivity contribution in [3.63, 3.8) is 0 Å². The highest BCUT2D eigenvalue weighted by molar-refractivity contribution is 9.10. The number of aryl methyl sites for hydroxylation is 1. The zero-order valence-corrected chi connectivity index (χ0v) is 12.3. The first kappa shape index (κ1) is 13.3. The second kappa shape index (κ2) is 6.16. The summed E-state index contributed by atoms with van der Waals surface area (Å²) in [6, 6.07) is 8.95. The summed E-state index contributed by atoms with van der Waals surface area (Å²) in [4.78, 5) is 0. The van der Waals surface area contributed by atoms with Crippen LogP contribution in [-0.2, 0) is 19.9 Å². The number of benzene rings is 1. The van der Waals surface area contributed by atoms with Crippen LogP contribution in [0.4, 0.5) is 0 Å². The summed E-state index contributed by atoms with van der Waals surface area (Å²) in [7, 11) is 3.96. The lowest BCUT2D eigenvalue weighted by Crippen LogP contribution is -2.29. The lowest BCUT2D eigenvalue weighted by atomic mass is 10.0. The van der Waals surface area contributed by atoms with Gasteiger partial charge < -0.3 is 5.32 Å². The first-order valence-electron chi connectivity index (χ1n) is 6.06. The summed E-state index contributed by atoms with van der Waals surface area (Å²) in [5.74, 6) is 0. The van der Waals surface area contributed by atoms with Gasteiger partial charge in [0.25, 0.3) is 0 Å². The highest BCUT2D eigenvalue weighted by Gasteiger charge is 2.09. The molecule has 1 aromatic carbocycles. The molecule has 0 aliphatic heterocycles. The van der Waals surface area contributed by atoms with Gasteiger partial charge in [-0.25, -0.2) is 0 Å². The Morgan fingerprint density at radius 2 is 1.89 bits per heavy atom. The van der Waals surface area contributed by atoms with Gasteiger partial charge in [0.15, 0.2) is 0 Å². The molecule has 0 spiro atoms. The first-order valence-corrected chi connectivity index (χ1v) is 6.86. The Morgan fingerprint density at radius 3 is 2.44 bits per heavy atom. The minimum Gasteiger partial charge on any atom is -0.316 e. The van der Waals surface area contributed by atoms with E-state index in [0.717, 1.165) is 17.3 Å². The molecule has 0 amide bonds. The molecule has 1 N–H and O–H groups in total. The van der Waals surface area contributed by atoms with Crippen molar-refractivity contribution in [3.8, 4) is 0 Å². The first-order chi connectivity index (χ1) is 8.67. The number of rotatable bonds is 5. The standard InChI is InChI=1S/C14H18BrN3/c1-16-14(8-12-9-17-18(2)10-12)7-11-3-5-13(15)6-4-11/h3-6,9-10,14,16H,7-8H2,1-2H3. The van der Waals surface area contributed by atoms with Gasteiger partial charge in [0.05, 0.1) is 6.20 Å². The van der Waals surface area contributed by atoms with Crippen LogP contribution in [0.1, 0.15) is 11.1 Å². The van der Waals surface area contributed by atoms with Gasteiger partial charge in [0.2, 0.25) is 0 Å². The van der Waals surface area contributed by atoms with Crippen LogP contribution in [0.5, 0.6) is 0 Å². The van der Waals surface area contributed by atoms with Crippen LogP contribution in [-0.4, -0.2) is 22.9 Å². The maximum atomic E-state index is 4.21. The third-order valence-electron chi connectivity index (χ3n) is 3.04. The summed E-state index contributed by atoms with van der Waals surface area (Å²) < 4.78 is 2.97. The van der Waals surface area contributed by atoms with E-state index in [2.05, 4.69) is 56.8 Å². The summed E-state index contributed by atoms with van der Waals surface area (Å²) in [5, 5.41) is 7.58. The van der Waals surface area contributed by atoms with Crippen LogP contribution in [0.3, 0.4) is 0 Å². The molecule has 0 saturated carbocycles. The van der Waals surface area contributed by atoms with Gasteiger partial charge in [-0.05, 0) is 43.1 Å². The number of nitrogens with one attached hydrogen (secondary N) is 1. The van der Waals surface area contributed by atoms with Crippen molar-refractivity contribution in [2.24, 2.45) is 7.05 Å². The van der Waals surface area contributed by atoms with Crippen LogP contribution in [0.15, 0.2) is 41.1 Å². The molecular formula is C14H18BrN3. The molecule has 0 fully saturated rings. The van der Waals surface area contributed by atoms with Crippen LogP contribution in [0.25, 0.3) is 0 Å². The lowest BCUT2D eigenvalue weighted by molar-refractivity contribution is 0.556. The molecule has 0 radical (unpaired) electrons. The van der Waals surface area contributed by atoms with Crippen molar-refractivity contribution in [3.05, 3.63) is 52.3 Å². The van der Waals surface area contributed by atoms with E-state index < -0.39 is 0 Å². The normalized spacial score (nSPS) is 12.6. The van der Waals surface area contributed by atoms with Gasteiger partial charge in [0.1, 0.15) is 0 Å². The molecule has 1 heterocycles. The maximum absolute atomic E-state index is 4.21. The van der Waals surface area contributed by atoms with Crippen LogP contribution in [0, 0.1) is 0 Å². The predicted octanol–water partition coefficient (Wildman–Crippen LogP) is 2.56. The van der Waals surface area contributed by atoms with Gasteiger partial charge in [0, 0.05) is 23.8 Å². The van der Waals surface area contributed by atoms with E-state index in [9.17, 15) is 0 Å². The number of likely N-dealkylation sites (N-methyl/N-ethyl adjacent to an activating group) is 1. The zero-order chi connectivity index (χ0) is 13.0. The van der Waals surface area contributed by atoms with E-state index >= 15 is 0 Å². The monoisotopic (exact) mass is 307 g/mol. The molecule has 1 aromatic heterocycles. The molecule has 2 aromatic rings. The largest absolute Gasteiger partial charge is 0.316 e. The minimum atomic E-state index is 0.440. The Hall–Kier alpha value is -1.13. The van der Waals surface area contributed by atoms with Gasteiger partial charge >= 0.3 is 0 Å². The van der Waals surface area contributed by atoms with Crippen LogP contribution in [0.2, 0.25) is 0 Å². The highest BCUT2D eigenvalue weighted by Crippen LogP contribution is 2.13. The number of hydrogen-bond donors (Lipinski definition) is 1. The van der Waals surface area contributed by atoms with Crippen molar-refractivity contribution in [1.29, 1.82) is 0 Å². The van der Waals surface area contributed by atoms with E-state index in [1.54, 1.807) is 0 Å². The molecule has 2 rings (SSSR count). The fraction of sp³-hybridized carbons (Fsp3) is 0.357. The van der Waals surface area contributed by atoms with Crippen molar-refractivity contribution >= 4 is 15.9 Å². The fourth-order valence-electron chi connectivity index (χ4n) is 2.04. The number of aromatic nitrogens is 2. The Bertz CT molecular complexity index is 490. The third kappa shape index (κ3) is 3.68. The quantitative estimate of drug-likeness (QED) is 0.920. The molecule has 96 valence electrons. The second-order valence-electron chi connectivity index (χ2n) is 4.54. The number of halogens is 1. The SMILES string of the molecule is CNC(Cc1ccc(Br)cc1)Cc1cnn(C)c1. The molecule has 1 atom stereocenters. The fourth-order valence-corrected chi connectivity index (χ4v) is 2.31. The molecule has 4 heteroatoms. The van der Waals surface area contributed by atoms with Gasteiger partial charge in [-0.3, -0.25) is 4.68 Å². The van der Waals surface area contributed by atoms with Gasteiger partial charge in [-0.1, -0.05) is 28.1 Å². The summed E-state index contributed by atoms with van der Waals surface area (Å²) >= 11 is 3.46. The molecule has 0 aliphatic carbocycles. The Morgan fingerprint density at radius 1 is 1.22 bits per heavy atom. The Balaban J connectivity index is 1.99.